The van der Waals surface area contributed by atoms with Gasteiger partial charge in [-0.1, -0.05) is 30.0 Å². The summed E-state index contributed by atoms with van der Waals surface area (Å²) in [4.78, 5) is 3.31. The number of H-pyrrole nitrogens is 1. The molecule has 0 fully saturated rings. The fourth-order valence-electron chi connectivity index (χ4n) is 2.36. The minimum atomic E-state index is 0.775. The van der Waals surface area contributed by atoms with Gasteiger partial charge in [-0.3, -0.25) is 4.57 Å². The maximum Gasteiger partial charge on any atom is 0.195 e. The van der Waals surface area contributed by atoms with Gasteiger partial charge in [0.2, 0.25) is 0 Å². The van der Waals surface area contributed by atoms with Crippen LogP contribution in [0.1, 0.15) is 0 Å². The SMILES string of the molecule is CSc1nnc(-c2cc3occc3[nH]2)n1-c1ccccc1. The van der Waals surface area contributed by atoms with E-state index in [1.165, 1.54) is 0 Å². The number of hydrogen-bond donors (Lipinski definition) is 1. The van der Waals surface area contributed by atoms with Gasteiger partial charge in [-0.2, -0.15) is 0 Å². The van der Waals surface area contributed by atoms with Crippen LogP contribution in [0.4, 0.5) is 0 Å². The molecule has 0 amide bonds. The Balaban J connectivity index is 1.93. The molecule has 0 spiro atoms. The molecule has 6 heteroatoms. The van der Waals surface area contributed by atoms with Crippen molar-refractivity contribution in [3.63, 3.8) is 0 Å². The summed E-state index contributed by atoms with van der Waals surface area (Å²) in [7, 11) is 0. The van der Waals surface area contributed by atoms with Gasteiger partial charge >= 0.3 is 0 Å². The molecule has 3 aromatic heterocycles. The smallest absolute Gasteiger partial charge is 0.195 e. The monoisotopic (exact) mass is 296 g/mol. The van der Waals surface area contributed by atoms with E-state index in [1.54, 1.807) is 18.0 Å². The summed E-state index contributed by atoms with van der Waals surface area (Å²) >= 11 is 1.57. The van der Waals surface area contributed by atoms with Crippen molar-refractivity contribution in [1.82, 2.24) is 19.7 Å². The fraction of sp³-hybridized carbons (Fsp3) is 0.0667. The van der Waals surface area contributed by atoms with E-state index in [2.05, 4.69) is 15.2 Å². The van der Waals surface area contributed by atoms with Crippen LogP contribution in [-0.2, 0) is 0 Å². The minimum absolute atomic E-state index is 0.775. The summed E-state index contributed by atoms with van der Waals surface area (Å²) in [6, 6.07) is 13.9. The topological polar surface area (TPSA) is 59.6 Å². The molecule has 21 heavy (non-hydrogen) atoms. The van der Waals surface area contributed by atoms with E-state index in [-0.39, 0.29) is 0 Å². The summed E-state index contributed by atoms with van der Waals surface area (Å²) in [5.74, 6) is 0.775. The van der Waals surface area contributed by atoms with Crippen molar-refractivity contribution in [3.05, 3.63) is 48.7 Å². The van der Waals surface area contributed by atoms with Crippen LogP contribution in [0.3, 0.4) is 0 Å². The van der Waals surface area contributed by atoms with Crippen LogP contribution in [0.25, 0.3) is 28.3 Å². The average Bonchev–Trinajstić information content (AvgIpc) is 3.21. The van der Waals surface area contributed by atoms with Gasteiger partial charge in [0.25, 0.3) is 0 Å². The first kappa shape index (κ1) is 12.3. The minimum Gasteiger partial charge on any atom is -0.463 e. The average molecular weight is 296 g/mol. The molecule has 0 bridgehead atoms. The number of furan rings is 1. The number of fused-ring (bicyclic) bond motifs is 1. The lowest BCUT2D eigenvalue weighted by atomic mass is 10.3. The summed E-state index contributed by atoms with van der Waals surface area (Å²) in [6.45, 7) is 0. The molecule has 0 saturated heterocycles. The lowest BCUT2D eigenvalue weighted by Gasteiger charge is -2.07. The van der Waals surface area contributed by atoms with Gasteiger partial charge in [0, 0.05) is 17.8 Å². The number of aromatic amines is 1. The highest BCUT2D eigenvalue weighted by atomic mass is 32.2. The summed E-state index contributed by atoms with van der Waals surface area (Å²) in [5.41, 5.74) is 3.70. The first-order valence-electron chi connectivity index (χ1n) is 6.48. The Kier molecular flexibility index (Phi) is 2.82. The highest BCUT2D eigenvalue weighted by molar-refractivity contribution is 7.98. The van der Waals surface area contributed by atoms with Crippen molar-refractivity contribution in [2.45, 2.75) is 5.16 Å². The van der Waals surface area contributed by atoms with Crippen LogP contribution in [0, 0.1) is 0 Å². The van der Waals surface area contributed by atoms with Gasteiger partial charge in [-0.15, -0.1) is 10.2 Å². The molecule has 0 aliphatic carbocycles. The molecule has 0 aliphatic heterocycles. The predicted octanol–water partition coefficient (Wildman–Crippen LogP) is 3.73. The summed E-state index contributed by atoms with van der Waals surface area (Å²) in [5, 5.41) is 9.44. The standard InChI is InChI=1S/C15H12N4OS/c1-21-15-18-17-14(19(15)10-5-3-2-4-6-10)12-9-13-11(16-12)7-8-20-13/h2-9,16H,1H3. The normalized spacial score (nSPS) is 11.3. The van der Waals surface area contributed by atoms with Crippen molar-refractivity contribution in [2.24, 2.45) is 0 Å². The third-order valence-electron chi connectivity index (χ3n) is 3.31. The van der Waals surface area contributed by atoms with Gasteiger partial charge in [0.05, 0.1) is 17.5 Å². The second-order valence-corrected chi connectivity index (χ2v) is 5.34. The van der Waals surface area contributed by atoms with E-state index in [9.17, 15) is 0 Å². The fourth-order valence-corrected chi connectivity index (χ4v) is 2.85. The molecule has 4 aromatic rings. The summed E-state index contributed by atoms with van der Waals surface area (Å²) in [6.07, 6.45) is 3.66. The molecule has 0 saturated carbocycles. The third kappa shape index (κ3) is 1.95. The Hall–Kier alpha value is -2.47. The quantitative estimate of drug-likeness (QED) is 0.585. The van der Waals surface area contributed by atoms with Crippen molar-refractivity contribution >= 4 is 22.9 Å². The number of nitrogens with zero attached hydrogens (tertiary/aromatic N) is 3. The van der Waals surface area contributed by atoms with Crippen molar-refractivity contribution in [3.8, 4) is 17.2 Å². The van der Waals surface area contributed by atoms with Crippen LogP contribution >= 0.6 is 11.8 Å². The van der Waals surface area contributed by atoms with Gasteiger partial charge in [0.15, 0.2) is 16.6 Å². The van der Waals surface area contributed by atoms with E-state index in [0.717, 1.165) is 33.5 Å². The van der Waals surface area contributed by atoms with E-state index < -0.39 is 0 Å². The second kappa shape index (κ2) is 4.82. The number of hydrogen-bond acceptors (Lipinski definition) is 4. The molecule has 0 atom stereocenters. The molecular formula is C15H12N4OS. The Bertz CT molecular complexity index is 862. The van der Waals surface area contributed by atoms with Crippen LogP contribution in [0.5, 0.6) is 0 Å². The lowest BCUT2D eigenvalue weighted by molar-refractivity contribution is 0.616. The zero-order chi connectivity index (χ0) is 14.2. The molecule has 4 rings (SSSR count). The lowest BCUT2D eigenvalue weighted by Crippen LogP contribution is -1.99. The van der Waals surface area contributed by atoms with Crippen molar-refractivity contribution in [2.75, 3.05) is 6.26 Å². The molecule has 0 radical (unpaired) electrons. The molecular weight excluding hydrogens is 284 g/mol. The zero-order valence-corrected chi connectivity index (χ0v) is 12.1. The third-order valence-corrected chi connectivity index (χ3v) is 3.94. The molecule has 1 N–H and O–H groups in total. The number of rotatable bonds is 3. The molecule has 0 unspecified atom stereocenters. The number of aromatic nitrogens is 4. The van der Waals surface area contributed by atoms with Crippen LogP contribution < -0.4 is 0 Å². The van der Waals surface area contributed by atoms with E-state index in [1.807, 2.05) is 53.3 Å². The number of para-hydroxylation sites is 1. The Morgan fingerprint density at radius 1 is 1.14 bits per heavy atom. The molecule has 3 heterocycles. The van der Waals surface area contributed by atoms with Crippen molar-refractivity contribution < 1.29 is 4.42 Å². The van der Waals surface area contributed by atoms with Gasteiger partial charge in [-0.05, 0) is 18.4 Å². The van der Waals surface area contributed by atoms with Gasteiger partial charge < -0.3 is 9.40 Å². The van der Waals surface area contributed by atoms with E-state index in [4.69, 9.17) is 4.42 Å². The van der Waals surface area contributed by atoms with E-state index in [0.29, 0.717) is 0 Å². The molecule has 5 nitrogen and oxygen atoms in total. The number of thioether (sulfide) groups is 1. The molecule has 1 aromatic carbocycles. The van der Waals surface area contributed by atoms with E-state index >= 15 is 0 Å². The molecule has 104 valence electrons. The van der Waals surface area contributed by atoms with Crippen molar-refractivity contribution in [1.29, 1.82) is 0 Å². The van der Waals surface area contributed by atoms with Crippen LogP contribution in [-0.4, -0.2) is 26.0 Å². The summed E-state index contributed by atoms with van der Waals surface area (Å²) < 4.78 is 7.44. The highest BCUT2D eigenvalue weighted by Crippen LogP contribution is 2.28. The first-order valence-corrected chi connectivity index (χ1v) is 7.71. The van der Waals surface area contributed by atoms with Gasteiger partial charge in [0.1, 0.15) is 0 Å². The molecule has 0 aliphatic rings. The second-order valence-electron chi connectivity index (χ2n) is 4.56. The van der Waals surface area contributed by atoms with Gasteiger partial charge in [-0.25, -0.2) is 0 Å². The largest absolute Gasteiger partial charge is 0.463 e. The Morgan fingerprint density at radius 3 is 2.76 bits per heavy atom. The van der Waals surface area contributed by atoms with Crippen LogP contribution in [0.2, 0.25) is 0 Å². The number of nitrogens with one attached hydrogen (secondary N) is 1. The zero-order valence-electron chi connectivity index (χ0n) is 11.3. The maximum atomic E-state index is 5.40. The van der Waals surface area contributed by atoms with Crippen LogP contribution in [0.15, 0.2) is 58.3 Å². The Morgan fingerprint density at radius 2 is 2.00 bits per heavy atom. The first-order chi connectivity index (χ1) is 10.4. The number of benzene rings is 1. The Labute approximate surface area is 125 Å². The predicted molar refractivity (Wildman–Crippen MR) is 82.7 cm³/mol. The highest BCUT2D eigenvalue weighted by Gasteiger charge is 2.17. The maximum absolute atomic E-state index is 5.40.